The van der Waals surface area contributed by atoms with Crippen LogP contribution in [0.1, 0.15) is 39.5 Å². The molecule has 0 aliphatic heterocycles. The van der Waals surface area contributed by atoms with E-state index in [1.54, 1.807) is 13.8 Å². The van der Waals surface area contributed by atoms with E-state index in [9.17, 15) is 8.42 Å². The fraction of sp³-hybridized carbons (Fsp3) is 1.00. The molecular weight excluding hydrogens is 176 g/mol. The van der Waals surface area contributed by atoms with Gasteiger partial charge in [-0.3, -0.25) is 4.18 Å². The van der Waals surface area contributed by atoms with Crippen molar-refractivity contribution in [2.24, 2.45) is 0 Å². The Hall–Kier alpha value is -0.0900. The summed E-state index contributed by atoms with van der Waals surface area (Å²) in [5, 5.41) is -0.236. The first kappa shape index (κ1) is 9.99. The summed E-state index contributed by atoms with van der Waals surface area (Å²) in [7, 11) is -3.26. The molecule has 1 rings (SSSR count). The van der Waals surface area contributed by atoms with Crippen molar-refractivity contribution < 1.29 is 12.6 Å². The van der Waals surface area contributed by atoms with E-state index in [1.165, 1.54) is 0 Å². The van der Waals surface area contributed by atoms with E-state index in [4.69, 9.17) is 4.18 Å². The molecule has 0 bridgehead atoms. The van der Waals surface area contributed by atoms with Crippen molar-refractivity contribution >= 4 is 10.1 Å². The topological polar surface area (TPSA) is 43.4 Å². The Morgan fingerprint density at radius 2 is 1.75 bits per heavy atom. The van der Waals surface area contributed by atoms with Gasteiger partial charge >= 0.3 is 0 Å². The minimum Gasteiger partial charge on any atom is -0.267 e. The molecule has 1 aliphatic rings. The number of rotatable bonds is 3. The van der Waals surface area contributed by atoms with E-state index in [2.05, 4.69) is 0 Å². The average molecular weight is 192 g/mol. The van der Waals surface area contributed by atoms with Crippen LogP contribution in [0.2, 0.25) is 0 Å². The first-order valence-electron chi connectivity index (χ1n) is 4.44. The van der Waals surface area contributed by atoms with E-state index in [1.807, 2.05) is 0 Å². The minimum atomic E-state index is -3.26. The summed E-state index contributed by atoms with van der Waals surface area (Å²) in [5.41, 5.74) is 0. The highest BCUT2D eigenvalue weighted by Gasteiger charge is 2.30. The van der Waals surface area contributed by atoms with Gasteiger partial charge in [0.15, 0.2) is 0 Å². The second-order valence-corrected chi connectivity index (χ2v) is 5.39. The fourth-order valence-corrected chi connectivity index (χ4v) is 3.13. The first-order valence-corrected chi connectivity index (χ1v) is 5.91. The molecule has 1 saturated carbocycles. The van der Waals surface area contributed by atoms with Crippen LogP contribution in [-0.2, 0) is 14.3 Å². The second kappa shape index (κ2) is 3.75. The Balaban J connectivity index is 2.58. The molecule has 0 radical (unpaired) electrons. The molecule has 72 valence electrons. The Morgan fingerprint density at radius 1 is 1.25 bits per heavy atom. The van der Waals surface area contributed by atoms with E-state index in [0.29, 0.717) is 0 Å². The highest BCUT2D eigenvalue weighted by molar-refractivity contribution is 7.87. The maximum absolute atomic E-state index is 11.4. The van der Waals surface area contributed by atoms with Gasteiger partial charge < -0.3 is 0 Å². The molecule has 1 aliphatic carbocycles. The molecule has 0 saturated heterocycles. The maximum Gasteiger partial charge on any atom is 0.270 e. The molecule has 12 heavy (non-hydrogen) atoms. The van der Waals surface area contributed by atoms with Gasteiger partial charge in [0.2, 0.25) is 0 Å². The van der Waals surface area contributed by atoms with Crippen LogP contribution >= 0.6 is 0 Å². The van der Waals surface area contributed by atoms with Gasteiger partial charge in [-0.05, 0) is 26.7 Å². The van der Waals surface area contributed by atoms with Gasteiger partial charge in [-0.15, -0.1) is 0 Å². The first-order chi connectivity index (χ1) is 5.52. The highest BCUT2D eigenvalue weighted by Crippen LogP contribution is 2.26. The van der Waals surface area contributed by atoms with Gasteiger partial charge in [-0.25, -0.2) is 0 Å². The zero-order valence-corrected chi connectivity index (χ0v) is 8.43. The molecule has 4 heteroatoms. The van der Waals surface area contributed by atoms with Crippen LogP contribution in [0.25, 0.3) is 0 Å². The van der Waals surface area contributed by atoms with Gasteiger partial charge in [0.1, 0.15) is 0 Å². The third-order valence-corrected chi connectivity index (χ3v) is 3.98. The standard InChI is InChI=1S/C8H16O3S/c1-7(2)11-12(9,10)8-5-3-4-6-8/h7-8H,3-6H2,1-2H3. The van der Waals surface area contributed by atoms with Crippen LogP contribution in [0.4, 0.5) is 0 Å². The van der Waals surface area contributed by atoms with E-state index >= 15 is 0 Å². The van der Waals surface area contributed by atoms with E-state index in [-0.39, 0.29) is 11.4 Å². The summed E-state index contributed by atoms with van der Waals surface area (Å²) < 4.78 is 27.7. The molecule has 0 unspecified atom stereocenters. The predicted octanol–water partition coefficient (Wildman–Crippen LogP) is 1.68. The fourth-order valence-electron chi connectivity index (χ4n) is 1.52. The summed E-state index contributed by atoms with van der Waals surface area (Å²) in [6.45, 7) is 3.49. The Morgan fingerprint density at radius 3 is 2.17 bits per heavy atom. The van der Waals surface area contributed by atoms with Crippen molar-refractivity contribution in [2.75, 3.05) is 0 Å². The van der Waals surface area contributed by atoms with Crippen molar-refractivity contribution in [3.8, 4) is 0 Å². The Bertz CT molecular complexity index is 225. The molecule has 0 atom stereocenters. The third kappa shape index (κ3) is 2.45. The molecule has 0 heterocycles. The summed E-state index contributed by atoms with van der Waals surface area (Å²) in [6.07, 6.45) is 3.36. The molecule has 0 amide bonds. The SMILES string of the molecule is CC(C)OS(=O)(=O)C1CCCC1. The summed E-state index contributed by atoms with van der Waals surface area (Å²) >= 11 is 0. The van der Waals surface area contributed by atoms with Crippen molar-refractivity contribution in [1.29, 1.82) is 0 Å². The predicted molar refractivity (Wildman–Crippen MR) is 47.4 cm³/mol. The lowest BCUT2D eigenvalue weighted by Crippen LogP contribution is -2.23. The van der Waals surface area contributed by atoms with Crippen molar-refractivity contribution in [1.82, 2.24) is 0 Å². The van der Waals surface area contributed by atoms with Crippen LogP contribution in [-0.4, -0.2) is 19.8 Å². The third-order valence-electron chi connectivity index (χ3n) is 2.04. The summed E-state index contributed by atoms with van der Waals surface area (Å²) in [4.78, 5) is 0. The molecule has 0 N–H and O–H groups in total. The van der Waals surface area contributed by atoms with Crippen LogP contribution < -0.4 is 0 Å². The van der Waals surface area contributed by atoms with Gasteiger partial charge in [0, 0.05) is 0 Å². The Kier molecular flexibility index (Phi) is 3.12. The zero-order valence-electron chi connectivity index (χ0n) is 7.62. The minimum absolute atomic E-state index is 0.226. The number of hydrogen-bond donors (Lipinski definition) is 0. The van der Waals surface area contributed by atoms with Crippen LogP contribution in [0.15, 0.2) is 0 Å². The smallest absolute Gasteiger partial charge is 0.267 e. The maximum atomic E-state index is 11.4. The lowest BCUT2D eigenvalue weighted by Gasteiger charge is -2.12. The lowest BCUT2D eigenvalue weighted by atomic mass is 10.4. The largest absolute Gasteiger partial charge is 0.270 e. The summed E-state index contributed by atoms with van der Waals surface area (Å²) in [6, 6.07) is 0. The van der Waals surface area contributed by atoms with Crippen molar-refractivity contribution in [2.45, 2.75) is 50.9 Å². The normalized spacial score (nSPS) is 20.6. The number of hydrogen-bond acceptors (Lipinski definition) is 3. The molecular formula is C8H16O3S. The van der Waals surface area contributed by atoms with Gasteiger partial charge in [0.25, 0.3) is 10.1 Å². The van der Waals surface area contributed by atoms with E-state index < -0.39 is 10.1 Å². The summed E-state index contributed by atoms with van der Waals surface area (Å²) in [5.74, 6) is 0. The second-order valence-electron chi connectivity index (χ2n) is 3.54. The molecule has 3 nitrogen and oxygen atoms in total. The van der Waals surface area contributed by atoms with Crippen molar-refractivity contribution in [3.05, 3.63) is 0 Å². The van der Waals surface area contributed by atoms with Crippen LogP contribution in [0, 0.1) is 0 Å². The molecule has 1 fully saturated rings. The van der Waals surface area contributed by atoms with Crippen LogP contribution in [0.5, 0.6) is 0 Å². The van der Waals surface area contributed by atoms with Crippen molar-refractivity contribution in [3.63, 3.8) is 0 Å². The molecule has 0 aromatic carbocycles. The molecule has 0 aromatic heterocycles. The average Bonchev–Trinajstić information content (AvgIpc) is 2.32. The quantitative estimate of drug-likeness (QED) is 0.639. The monoisotopic (exact) mass is 192 g/mol. The van der Waals surface area contributed by atoms with Gasteiger partial charge in [-0.1, -0.05) is 12.8 Å². The zero-order chi connectivity index (χ0) is 9.19. The van der Waals surface area contributed by atoms with E-state index in [0.717, 1.165) is 25.7 Å². The van der Waals surface area contributed by atoms with Gasteiger partial charge in [-0.2, -0.15) is 8.42 Å². The van der Waals surface area contributed by atoms with Crippen LogP contribution in [0.3, 0.4) is 0 Å². The van der Waals surface area contributed by atoms with Gasteiger partial charge in [0.05, 0.1) is 11.4 Å². The highest BCUT2D eigenvalue weighted by atomic mass is 32.2. The molecule has 0 aromatic rings. The molecule has 0 spiro atoms. The lowest BCUT2D eigenvalue weighted by molar-refractivity contribution is 0.244. The Labute approximate surface area is 74.2 Å².